The number of nitro benzene ring substituents is 1. The summed E-state index contributed by atoms with van der Waals surface area (Å²) in [6.45, 7) is 0. The van der Waals surface area contributed by atoms with Crippen LogP contribution in [0.25, 0.3) is 16.9 Å². The molecule has 0 bridgehead atoms. The van der Waals surface area contributed by atoms with Crippen LogP contribution in [0.4, 0.5) is 5.69 Å². The van der Waals surface area contributed by atoms with Gasteiger partial charge in [-0.1, -0.05) is 11.6 Å². The van der Waals surface area contributed by atoms with Gasteiger partial charge < -0.3 is 5.32 Å². The third kappa shape index (κ3) is 3.68. The molecule has 2 aromatic carbocycles. The number of hydrogen-bond donors (Lipinski definition) is 1. The fraction of sp³-hybridized carbons (Fsp3) is 0.158. The molecule has 1 fully saturated rings. The summed E-state index contributed by atoms with van der Waals surface area (Å²) in [6.07, 6.45) is 1.96. The molecule has 3 aromatic rings. The van der Waals surface area contributed by atoms with Crippen LogP contribution in [0.2, 0.25) is 5.02 Å². The third-order valence-electron chi connectivity index (χ3n) is 4.30. The van der Waals surface area contributed by atoms with Gasteiger partial charge in [0.05, 0.1) is 16.3 Å². The number of nitrogens with zero attached hydrogens (tertiary/aromatic N) is 3. The van der Waals surface area contributed by atoms with Gasteiger partial charge in [-0.25, -0.2) is 4.68 Å². The van der Waals surface area contributed by atoms with Crippen molar-refractivity contribution in [3.8, 4) is 16.9 Å². The van der Waals surface area contributed by atoms with Crippen LogP contribution < -0.4 is 5.32 Å². The minimum absolute atomic E-state index is 0.00239. The SMILES string of the molecule is O=C(NC1CC1)c1cc(-c2ccc([N+](=O)[O-])cc2)nn1-c1ccc(Cl)cc1. The van der Waals surface area contributed by atoms with Gasteiger partial charge in [0, 0.05) is 28.8 Å². The normalized spacial score (nSPS) is 13.4. The zero-order valence-electron chi connectivity index (χ0n) is 14.1. The van der Waals surface area contributed by atoms with E-state index in [1.165, 1.54) is 12.1 Å². The van der Waals surface area contributed by atoms with Crippen molar-refractivity contribution in [3.63, 3.8) is 0 Å². The van der Waals surface area contributed by atoms with E-state index in [9.17, 15) is 14.9 Å². The quantitative estimate of drug-likeness (QED) is 0.533. The molecule has 1 saturated carbocycles. The van der Waals surface area contributed by atoms with Crippen LogP contribution in [-0.2, 0) is 0 Å². The molecule has 0 spiro atoms. The van der Waals surface area contributed by atoms with Crippen LogP contribution >= 0.6 is 11.6 Å². The van der Waals surface area contributed by atoms with Crippen LogP contribution in [-0.4, -0.2) is 26.7 Å². The van der Waals surface area contributed by atoms with Gasteiger partial charge in [0.2, 0.25) is 0 Å². The zero-order chi connectivity index (χ0) is 19.0. The number of carbonyl (C=O) groups is 1. The maximum absolute atomic E-state index is 12.7. The van der Waals surface area contributed by atoms with Gasteiger partial charge in [0.25, 0.3) is 11.6 Å². The Morgan fingerprint density at radius 1 is 1.15 bits per heavy atom. The monoisotopic (exact) mass is 382 g/mol. The first-order chi connectivity index (χ1) is 13.0. The second-order valence-corrected chi connectivity index (χ2v) is 6.79. The molecule has 1 N–H and O–H groups in total. The summed E-state index contributed by atoms with van der Waals surface area (Å²) >= 11 is 5.96. The zero-order valence-corrected chi connectivity index (χ0v) is 14.9. The smallest absolute Gasteiger partial charge is 0.270 e. The van der Waals surface area contributed by atoms with E-state index < -0.39 is 4.92 Å². The Hall–Kier alpha value is -3.19. The summed E-state index contributed by atoms with van der Waals surface area (Å²) in [7, 11) is 0. The van der Waals surface area contributed by atoms with Gasteiger partial charge in [0.15, 0.2) is 0 Å². The molecule has 7 nitrogen and oxygen atoms in total. The van der Waals surface area contributed by atoms with Crippen molar-refractivity contribution in [1.29, 1.82) is 0 Å². The molecular formula is C19H15ClN4O3. The Morgan fingerprint density at radius 3 is 2.41 bits per heavy atom. The molecule has 0 unspecified atom stereocenters. The molecule has 1 amide bonds. The van der Waals surface area contributed by atoms with Crippen molar-refractivity contribution in [1.82, 2.24) is 15.1 Å². The molecule has 0 radical (unpaired) electrons. The highest BCUT2D eigenvalue weighted by atomic mass is 35.5. The molecule has 136 valence electrons. The maximum atomic E-state index is 12.7. The van der Waals surface area contributed by atoms with E-state index >= 15 is 0 Å². The average Bonchev–Trinajstić information content (AvgIpc) is 3.36. The maximum Gasteiger partial charge on any atom is 0.270 e. The highest BCUT2D eigenvalue weighted by molar-refractivity contribution is 6.30. The molecule has 0 atom stereocenters. The number of carbonyl (C=O) groups excluding carboxylic acids is 1. The number of halogens is 1. The van der Waals surface area contributed by atoms with Crippen molar-refractivity contribution in [2.45, 2.75) is 18.9 Å². The van der Waals surface area contributed by atoms with Crippen molar-refractivity contribution in [2.24, 2.45) is 0 Å². The fourth-order valence-electron chi connectivity index (χ4n) is 2.70. The molecule has 1 heterocycles. The summed E-state index contributed by atoms with van der Waals surface area (Å²) < 4.78 is 1.56. The molecule has 8 heteroatoms. The number of amides is 1. The number of aromatic nitrogens is 2. The van der Waals surface area contributed by atoms with Crippen molar-refractivity contribution >= 4 is 23.2 Å². The fourth-order valence-corrected chi connectivity index (χ4v) is 2.83. The van der Waals surface area contributed by atoms with E-state index in [2.05, 4.69) is 10.4 Å². The molecule has 27 heavy (non-hydrogen) atoms. The average molecular weight is 383 g/mol. The predicted molar refractivity (Wildman–Crippen MR) is 101 cm³/mol. The van der Waals surface area contributed by atoms with Crippen LogP contribution in [0.3, 0.4) is 0 Å². The predicted octanol–water partition coefficient (Wildman–Crippen LogP) is 3.99. The Morgan fingerprint density at radius 2 is 1.81 bits per heavy atom. The second kappa shape index (κ2) is 6.85. The first kappa shape index (κ1) is 17.2. The van der Waals surface area contributed by atoms with Gasteiger partial charge >= 0.3 is 0 Å². The molecule has 0 aliphatic heterocycles. The number of rotatable bonds is 5. The first-order valence-electron chi connectivity index (χ1n) is 8.43. The molecular weight excluding hydrogens is 368 g/mol. The lowest BCUT2D eigenvalue weighted by Gasteiger charge is -2.07. The second-order valence-electron chi connectivity index (χ2n) is 6.35. The van der Waals surface area contributed by atoms with E-state index in [0.717, 1.165) is 12.8 Å². The third-order valence-corrected chi connectivity index (χ3v) is 4.55. The number of nitrogens with one attached hydrogen (secondary N) is 1. The summed E-state index contributed by atoms with van der Waals surface area (Å²) in [5, 5.41) is 18.9. The van der Waals surface area contributed by atoms with E-state index in [-0.39, 0.29) is 17.6 Å². The van der Waals surface area contributed by atoms with Gasteiger partial charge in [-0.05, 0) is 55.3 Å². The lowest BCUT2D eigenvalue weighted by molar-refractivity contribution is -0.384. The number of benzene rings is 2. The van der Waals surface area contributed by atoms with E-state index in [4.69, 9.17) is 11.6 Å². The highest BCUT2D eigenvalue weighted by Crippen LogP contribution is 2.26. The Labute approximate surface area is 159 Å². The molecule has 4 rings (SSSR count). The van der Waals surface area contributed by atoms with Crippen molar-refractivity contribution < 1.29 is 9.72 Å². The summed E-state index contributed by atoms with van der Waals surface area (Å²) in [4.78, 5) is 23.0. The lowest BCUT2D eigenvalue weighted by atomic mass is 10.1. The standard InChI is InChI=1S/C19H15ClN4O3/c20-13-3-9-15(10-4-13)23-18(19(25)21-14-5-6-14)11-17(22-23)12-1-7-16(8-2-12)24(26)27/h1-4,7-11,14H,5-6H2,(H,21,25). The van der Waals surface area contributed by atoms with Crippen LogP contribution in [0.1, 0.15) is 23.3 Å². The van der Waals surface area contributed by atoms with Crippen molar-refractivity contribution in [3.05, 3.63) is 75.4 Å². The largest absolute Gasteiger partial charge is 0.348 e. The highest BCUT2D eigenvalue weighted by Gasteiger charge is 2.26. The van der Waals surface area contributed by atoms with E-state index in [1.807, 2.05) is 0 Å². The van der Waals surface area contributed by atoms with E-state index in [1.54, 1.807) is 47.1 Å². The Balaban J connectivity index is 1.75. The minimum atomic E-state index is -0.454. The van der Waals surface area contributed by atoms with E-state index in [0.29, 0.717) is 27.7 Å². The number of nitro groups is 1. The van der Waals surface area contributed by atoms with Gasteiger partial charge in [-0.3, -0.25) is 14.9 Å². The number of hydrogen-bond acceptors (Lipinski definition) is 4. The van der Waals surface area contributed by atoms with Crippen LogP contribution in [0, 0.1) is 10.1 Å². The van der Waals surface area contributed by atoms with Gasteiger partial charge in [-0.15, -0.1) is 0 Å². The lowest BCUT2D eigenvalue weighted by Crippen LogP contribution is -2.27. The summed E-state index contributed by atoms with van der Waals surface area (Å²) in [6, 6.07) is 15.0. The topological polar surface area (TPSA) is 90.1 Å². The molecule has 1 aliphatic carbocycles. The molecule has 1 aromatic heterocycles. The van der Waals surface area contributed by atoms with Gasteiger partial charge in [-0.2, -0.15) is 5.10 Å². The molecule has 1 aliphatic rings. The number of non-ortho nitro benzene ring substituents is 1. The summed E-state index contributed by atoms with van der Waals surface area (Å²) in [5.74, 6) is -0.201. The minimum Gasteiger partial charge on any atom is -0.348 e. The van der Waals surface area contributed by atoms with Crippen LogP contribution in [0.15, 0.2) is 54.6 Å². The first-order valence-corrected chi connectivity index (χ1v) is 8.81. The van der Waals surface area contributed by atoms with Crippen molar-refractivity contribution in [2.75, 3.05) is 0 Å². The van der Waals surface area contributed by atoms with Crippen LogP contribution in [0.5, 0.6) is 0 Å². The molecule has 0 saturated heterocycles. The summed E-state index contributed by atoms with van der Waals surface area (Å²) in [5.41, 5.74) is 2.35. The van der Waals surface area contributed by atoms with Gasteiger partial charge in [0.1, 0.15) is 5.69 Å². The Bertz CT molecular complexity index is 1010. The Kier molecular flexibility index (Phi) is 4.37.